The topological polar surface area (TPSA) is 47.8 Å². The molecule has 4 rings (SSSR count). The van der Waals surface area contributed by atoms with Crippen LogP contribution in [0.4, 0.5) is 0 Å². The fourth-order valence-electron chi connectivity index (χ4n) is 3.52. The Morgan fingerprint density at radius 3 is 2.25 bits per heavy atom. The van der Waals surface area contributed by atoms with Crippen molar-refractivity contribution >= 4 is 28.2 Å². The largest absolute Gasteiger partial charge is 0.462 e. The number of ether oxygens (including phenoxy) is 1. The predicted molar refractivity (Wildman–Crippen MR) is 110 cm³/mol. The van der Waals surface area contributed by atoms with E-state index < -0.39 is 5.97 Å². The molecule has 0 bridgehead atoms. The van der Waals surface area contributed by atoms with E-state index in [0.717, 1.165) is 22.0 Å². The van der Waals surface area contributed by atoms with Crippen LogP contribution in [0.2, 0.25) is 0 Å². The molecule has 0 aliphatic rings. The first-order valence-electron chi connectivity index (χ1n) is 9.33. The van der Waals surface area contributed by atoms with Crippen LogP contribution in [-0.4, -0.2) is 22.8 Å². The molecule has 4 aromatic rings. The molecule has 2 heterocycles. The maximum absolute atomic E-state index is 13.3. The highest BCUT2D eigenvalue weighted by atomic mass is 16.5. The van der Waals surface area contributed by atoms with Crippen LogP contribution in [0.1, 0.15) is 44.5 Å². The van der Waals surface area contributed by atoms with Gasteiger partial charge in [0.05, 0.1) is 28.9 Å². The number of carbonyl (C=O) groups is 2. The van der Waals surface area contributed by atoms with Crippen LogP contribution in [0.3, 0.4) is 0 Å². The maximum atomic E-state index is 13.3. The quantitative estimate of drug-likeness (QED) is 0.370. The lowest BCUT2D eigenvalue weighted by Crippen LogP contribution is -2.06. The predicted octanol–water partition coefficient (Wildman–Crippen LogP) is 5.12. The number of hydrogen-bond donors (Lipinski definition) is 0. The van der Waals surface area contributed by atoms with Crippen molar-refractivity contribution in [1.82, 2.24) is 4.40 Å². The van der Waals surface area contributed by atoms with Crippen LogP contribution in [0.5, 0.6) is 0 Å². The number of esters is 1. The number of fused-ring (bicyclic) bond motifs is 3. The van der Waals surface area contributed by atoms with Crippen molar-refractivity contribution in [2.75, 3.05) is 6.61 Å². The highest BCUT2D eigenvalue weighted by Gasteiger charge is 2.22. The smallest absolute Gasteiger partial charge is 0.340 e. The van der Waals surface area contributed by atoms with Crippen LogP contribution < -0.4 is 0 Å². The van der Waals surface area contributed by atoms with Crippen LogP contribution in [0.25, 0.3) is 16.4 Å². The lowest BCUT2D eigenvalue weighted by Gasteiger charge is -2.08. The number of hydrogen-bond acceptors (Lipinski definition) is 3. The molecule has 0 N–H and O–H groups in total. The average molecular weight is 371 g/mol. The van der Waals surface area contributed by atoms with E-state index in [-0.39, 0.29) is 12.4 Å². The molecule has 0 saturated heterocycles. The standard InChI is InChI=1S/C24H21NO3/c1-4-28-24(27)19-14-22(23(26)17-8-5-15(2)6-9-17)25-20-11-7-16(3)13-18(20)10-12-21(19)25/h5-14H,4H2,1-3H3. The monoisotopic (exact) mass is 371 g/mol. The summed E-state index contributed by atoms with van der Waals surface area (Å²) in [5, 5.41) is 1.01. The molecule has 0 unspecified atom stereocenters. The molecular weight excluding hydrogens is 350 g/mol. The second-order valence-corrected chi connectivity index (χ2v) is 6.98. The van der Waals surface area contributed by atoms with Crippen molar-refractivity contribution in [3.05, 3.63) is 88.6 Å². The van der Waals surface area contributed by atoms with Crippen molar-refractivity contribution in [1.29, 1.82) is 0 Å². The lowest BCUT2D eigenvalue weighted by molar-refractivity contribution is 0.0529. The average Bonchev–Trinajstić information content (AvgIpc) is 3.08. The molecule has 0 atom stereocenters. The fourth-order valence-corrected chi connectivity index (χ4v) is 3.52. The summed E-state index contributed by atoms with van der Waals surface area (Å²) in [5.74, 6) is -0.548. The Morgan fingerprint density at radius 2 is 1.54 bits per heavy atom. The summed E-state index contributed by atoms with van der Waals surface area (Å²) in [4.78, 5) is 25.8. The summed E-state index contributed by atoms with van der Waals surface area (Å²) in [6.07, 6.45) is 0. The number of pyridine rings is 1. The van der Waals surface area contributed by atoms with E-state index in [4.69, 9.17) is 4.74 Å². The number of benzene rings is 2. The third-order valence-corrected chi connectivity index (χ3v) is 4.93. The van der Waals surface area contributed by atoms with Gasteiger partial charge in [-0.1, -0.05) is 47.5 Å². The summed E-state index contributed by atoms with van der Waals surface area (Å²) in [5.41, 5.74) is 5.22. The molecule has 4 heteroatoms. The van der Waals surface area contributed by atoms with Gasteiger partial charge in [-0.3, -0.25) is 4.79 Å². The number of ketones is 1. The van der Waals surface area contributed by atoms with Gasteiger partial charge in [0.15, 0.2) is 0 Å². The third kappa shape index (κ3) is 2.97. The Balaban J connectivity index is 2.01. The first-order chi connectivity index (χ1) is 13.5. The van der Waals surface area contributed by atoms with Gasteiger partial charge in [-0.2, -0.15) is 0 Å². The Morgan fingerprint density at radius 1 is 0.857 bits per heavy atom. The van der Waals surface area contributed by atoms with Crippen molar-refractivity contribution in [3.63, 3.8) is 0 Å². The van der Waals surface area contributed by atoms with Gasteiger partial charge in [0.2, 0.25) is 5.78 Å². The van der Waals surface area contributed by atoms with Gasteiger partial charge in [-0.15, -0.1) is 0 Å². The van der Waals surface area contributed by atoms with E-state index in [1.54, 1.807) is 13.0 Å². The van der Waals surface area contributed by atoms with E-state index in [1.165, 1.54) is 0 Å². The van der Waals surface area contributed by atoms with E-state index >= 15 is 0 Å². The highest BCUT2D eigenvalue weighted by molar-refractivity contribution is 6.12. The first kappa shape index (κ1) is 18.0. The molecule has 4 nitrogen and oxygen atoms in total. The van der Waals surface area contributed by atoms with Gasteiger partial charge in [-0.05, 0) is 50.4 Å². The molecular formula is C24H21NO3. The number of aromatic nitrogens is 1. The highest BCUT2D eigenvalue weighted by Crippen LogP contribution is 2.27. The summed E-state index contributed by atoms with van der Waals surface area (Å²) < 4.78 is 7.08. The van der Waals surface area contributed by atoms with Crippen LogP contribution in [0, 0.1) is 13.8 Å². The van der Waals surface area contributed by atoms with Gasteiger partial charge in [-0.25, -0.2) is 4.79 Å². The molecule has 2 aromatic carbocycles. The van der Waals surface area contributed by atoms with Gasteiger partial charge in [0.25, 0.3) is 0 Å². The SMILES string of the molecule is CCOC(=O)c1cc(C(=O)c2ccc(C)cc2)n2c1ccc1cc(C)ccc12. The van der Waals surface area contributed by atoms with Crippen LogP contribution in [-0.2, 0) is 4.74 Å². The van der Waals surface area contributed by atoms with Crippen LogP contribution in [0.15, 0.2) is 60.7 Å². The zero-order valence-corrected chi connectivity index (χ0v) is 16.2. The molecule has 28 heavy (non-hydrogen) atoms. The van der Waals surface area contributed by atoms with Crippen molar-refractivity contribution in [3.8, 4) is 0 Å². The number of nitrogens with zero attached hydrogens (tertiary/aromatic N) is 1. The van der Waals surface area contributed by atoms with E-state index in [9.17, 15) is 9.59 Å². The minimum Gasteiger partial charge on any atom is -0.462 e. The molecule has 0 aliphatic carbocycles. The minimum absolute atomic E-state index is 0.126. The Bertz CT molecular complexity index is 1220. The van der Waals surface area contributed by atoms with Gasteiger partial charge in [0.1, 0.15) is 0 Å². The number of carbonyl (C=O) groups excluding carboxylic acids is 2. The normalized spacial score (nSPS) is 11.1. The van der Waals surface area contributed by atoms with Gasteiger partial charge < -0.3 is 9.14 Å². The molecule has 0 saturated carbocycles. The number of rotatable bonds is 4. The van der Waals surface area contributed by atoms with E-state index in [0.29, 0.717) is 22.3 Å². The molecule has 0 aliphatic heterocycles. The molecule has 140 valence electrons. The maximum Gasteiger partial charge on any atom is 0.340 e. The van der Waals surface area contributed by atoms with E-state index in [1.807, 2.05) is 66.8 Å². The lowest BCUT2D eigenvalue weighted by atomic mass is 10.1. The third-order valence-electron chi connectivity index (χ3n) is 4.93. The first-order valence-corrected chi connectivity index (χ1v) is 9.33. The summed E-state index contributed by atoms with van der Waals surface area (Å²) >= 11 is 0. The number of aryl methyl sites for hydroxylation is 2. The molecule has 2 aromatic heterocycles. The van der Waals surface area contributed by atoms with Crippen molar-refractivity contribution < 1.29 is 14.3 Å². The molecule has 0 spiro atoms. The second kappa shape index (κ2) is 6.97. The minimum atomic E-state index is -0.422. The Labute approximate surface area is 163 Å². The Hall–Kier alpha value is -3.40. The molecule has 0 fully saturated rings. The van der Waals surface area contributed by atoms with Gasteiger partial charge in [0, 0.05) is 5.56 Å². The summed E-state index contributed by atoms with van der Waals surface area (Å²) in [7, 11) is 0. The van der Waals surface area contributed by atoms with Crippen molar-refractivity contribution in [2.45, 2.75) is 20.8 Å². The van der Waals surface area contributed by atoms with Gasteiger partial charge >= 0.3 is 5.97 Å². The fraction of sp³-hybridized carbons (Fsp3) is 0.167. The van der Waals surface area contributed by atoms with E-state index in [2.05, 4.69) is 6.07 Å². The zero-order valence-electron chi connectivity index (χ0n) is 16.2. The second-order valence-electron chi connectivity index (χ2n) is 6.98. The van der Waals surface area contributed by atoms with Crippen LogP contribution >= 0.6 is 0 Å². The Kier molecular flexibility index (Phi) is 4.47. The zero-order chi connectivity index (χ0) is 19.8. The summed E-state index contributed by atoms with van der Waals surface area (Å²) in [6.45, 7) is 6.06. The van der Waals surface area contributed by atoms with Crippen molar-refractivity contribution in [2.24, 2.45) is 0 Å². The molecule has 0 amide bonds. The molecule has 0 radical (unpaired) electrons. The summed E-state index contributed by atoms with van der Waals surface area (Å²) in [6, 6.07) is 19.0.